The number of amides is 1. The third-order valence-corrected chi connectivity index (χ3v) is 4.32. The highest BCUT2D eigenvalue weighted by Crippen LogP contribution is 2.29. The summed E-state index contributed by atoms with van der Waals surface area (Å²) in [7, 11) is 0. The highest BCUT2D eigenvalue weighted by Gasteiger charge is 2.19. The lowest BCUT2D eigenvalue weighted by molar-refractivity contribution is -0.0544. The molecular weight excluding hydrogens is 339 g/mol. The van der Waals surface area contributed by atoms with Gasteiger partial charge < -0.3 is 10.0 Å². The normalized spacial score (nSPS) is 14.6. The molecule has 1 aliphatic heterocycles. The average molecular weight is 356 g/mol. The summed E-state index contributed by atoms with van der Waals surface area (Å²) >= 11 is 0. The number of aromatic nitrogens is 1. The Kier molecular flexibility index (Phi) is 5.29. The Morgan fingerprint density at radius 2 is 2.04 bits per heavy atom. The number of carbonyl (C=O) groups excluding carboxylic acids is 1. The molecule has 3 rings (SSSR count). The standard InChI is InChI=1S/C18H17FN4O3/c19-26-18(25)22-17-10-13(3-6-21-17)12-1-2-16(14(9-12)11-20)23-7-4-15(24)5-8-23/h1-3,6,9-10,15,24H,4-5,7-8H2,(H,21,22,25). The highest BCUT2D eigenvalue weighted by atomic mass is 19.3. The Hall–Kier alpha value is -3.18. The van der Waals surface area contributed by atoms with Gasteiger partial charge in [0.05, 0.1) is 17.4 Å². The first-order valence-electron chi connectivity index (χ1n) is 8.14. The van der Waals surface area contributed by atoms with E-state index < -0.39 is 6.09 Å². The van der Waals surface area contributed by atoms with Crippen LogP contribution in [-0.4, -0.2) is 35.4 Å². The fourth-order valence-electron chi connectivity index (χ4n) is 2.99. The number of aliphatic hydroxyl groups is 1. The summed E-state index contributed by atoms with van der Waals surface area (Å²) in [5.41, 5.74) is 2.83. The van der Waals surface area contributed by atoms with Gasteiger partial charge in [0.15, 0.2) is 0 Å². The van der Waals surface area contributed by atoms with Crippen molar-refractivity contribution >= 4 is 17.6 Å². The Balaban J connectivity index is 1.87. The van der Waals surface area contributed by atoms with E-state index in [2.05, 4.69) is 26.2 Å². The van der Waals surface area contributed by atoms with Gasteiger partial charge in [0, 0.05) is 23.8 Å². The van der Waals surface area contributed by atoms with E-state index in [1.807, 2.05) is 12.1 Å². The molecule has 0 aliphatic carbocycles. The van der Waals surface area contributed by atoms with Gasteiger partial charge >= 0.3 is 6.09 Å². The second-order valence-corrected chi connectivity index (χ2v) is 5.98. The molecule has 0 saturated carbocycles. The van der Waals surface area contributed by atoms with Crippen LogP contribution in [0.4, 0.5) is 20.8 Å². The molecule has 2 aromatic rings. The maximum Gasteiger partial charge on any atom is 0.450 e. The van der Waals surface area contributed by atoms with Crippen molar-refractivity contribution in [1.29, 1.82) is 5.26 Å². The Morgan fingerprint density at radius 1 is 1.31 bits per heavy atom. The molecule has 1 saturated heterocycles. The molecule has 1 aromatic heterocycles. The molecule has 1 aliphatic rings. The minimum Gasteiger partial charge on any atom is -0.393 e. The molecule has 2 heterocycles. The highest BCUT2D eigenvalue weighted by molar-refractivity contribution is 5.84. The van der Waals surface area contributed by atoms with Crippen LogP contribution in [0.25, 0.3) is 11.1 Å². The number of anilines is 2. The van der Waals surface area contributed by atoms with Crippen molar-refractivity contribution in [3.8, 4) is 17.2 Å². The summed E-state index contributed by atoms with van der Waals surface area (Å²) in [5.74, 6) is 0.137. The first-order chi connectivity index (χ1) is 12.6. The minimum atomic E-state index is -1.25. The number of carbonyl (C=O) groups is 1. The smallest absolute Gasteiger partial charge is 0.393 e. The zero-order chi connectivity index (χ0) is 18.5. The van der Waals surface area contributed by atoms with Crippen LogP contribution in [0.5, 0.6) is 0 Å². The van der Waals surface area contributed by atoms with E-state index in [1.54, 1.807) is 18.2 Å². The largest absolute Gasteiger partial charge is 0.450 e. The van der Waals surface area contributed by atoms with Crippen molar-refractivity contribution in [2.75, 3.05) is 23.3 Å². The number of piperidine rings is 1. The van der Waals surface area contributed by atoms with Crippen LogP contribution < -0.4 is 10.2 Å². The first kappa shape index (κ1) is 17.6. The van der Waals surface area contributed by atoms with E-state index >= 15 is 0 Å². The van der Waals surface area contributed by atoms with Crippen molar-refractivity contribution in [1.82, 2.24) is 4.98 Å². The van der Waals surface area contributed by atoms with Gasteiger partial charge in [0.25, 0.3) is 0 Å². The van der Waals surface area contributed by atoms with Gasteiger partial charge in [-0.25, -0.2) is 14.7 Å². The van der Waals surface area contributed by atoms with Gasteiger partial charge in [-0.2, -0.15) is 5.26 Å². The molecule has 1 amide bonds. The second kappa shape index (κ2) is 7.80. The number of benzene rings is 1. The van der Waals surface area contributed by atoms with Crippen LogP contribution in [0.1, 0.15) is 18.4 Å². The molecular formula is C18H17FN4O3. The van der Waals surface area contributed by atoms with E-state index in [0.29, 0.717) is 37.1 Å². The number of rotatable bonds is 3. The van der Waals surface area contributed by atoms with Crippen LogP contribution in [0, 0.1) is 11.3 Å². The molecule has 8 heteroatoms. The number of pyridine rings is 1. The third kappa shape index (κ3) is 3.90. The molecule has 0 unspecified atom stereocenters. The number of hydrogen-bond donors (Lipinski definition) is 2. The van der Waals surface area contributed by atoms with Crippen molar-refractivity contribution in [2.24, 2.45) is 0 Å². The van der Waals surface area contributed by atoms with Crippen LogP contribution >= 0.6 is 0 Å². The summed E-state index contributed by atoms with van der Waals surface area (Å²) in [5, 5.41) is 21.3. The Bertz CT molecular complexity index is 845. The predicted molar refractivity (Wildman–Crippen MR) is 93.1 cm³/mol. The molecule has 26 heavy (non-hydrogen) atoms. The molecule has 1 aromatic carbocycles. The summed E-state index contributed by atoms with van der Waals surface area (Å²) < 4.78 is 11.8. The lowest BCUT2D eigenvalue weighted by Crippen LogP contribution is -2.36. The topological polar surface area (TPSA) is 98.5 Å². The number of aliphatic hydroxyl groups excluding tert-OH is 1. The van der Waals surface area contributed by atoms with E-state index in [1.165, 1.54) is 6.20 Å². The number of nitrogens with zero attached hydrogens (tertiary/aromatic N) is 3. The molecule has 2 N–H and O–H groups in total. The maximum atomic E-state index is 11.8. The van der Waals surface area contributed by atoms with E-state index in [0.717, 1.165) is 11.3 Å². The van der Waals surface area contributed by atoms with E-state index in [-0.39, 0.29) is 11.9 Å². The number of halogens is 1. The molecule has 0 atom stereocenters. The lowest BCUT2D eigenvalue weighted by atomic mass is 10.0. The molecule has 0 bridgehead atoms. The van der Waals surface area contributed by atoms with Gasteiger partial charge in [0.1, 0.15) is 11.9 Å². The Labute approximate surface area is 149 Å². The fourth-order valence-corrected chi connectivity index (χ4v) is 2.99. The van der Waals surface area contributed by atoms with Gasteiger partial charge in [-0.15, -0.1) is 0 Å². The van der Waals surface area contributed by atoms with Gasteiger partial charge in [-0.05, 0) is 48.2 Å². The van der Waals surface area contributed by atoms with Crippen molar-refractivity contribution in [3.05, 3.63) is 42.1 Å². The molecule has 0 spiro atoms. The molecule has 0 radical (unpaired) electrons. The quantitative estimate of drug-likeness (QED) is 0.877. The van der Waals surface area contributed by atoms with E-state index in [4.69, 9.17) is 0 Å². The molecule has 1 fully saturated rings. The van der Waals surface area contributed by atoms with Crippen LogP contribution in [0.3, 0.4) is 0 Å². The van der Waals surface area contributed by atoms with Crippen LogP contribution in [0.15, 0.2) is 36.5 Å². The second-order valence-electron chi connectivity index (χ2n) is 5.98. The summed E-state index contributed by atoms with van der Waals surface area (Å²) in [6.07, 6.45) is 1.28. The van der Waals surface area contributed by atoms with E-state index in [9.17, 15) is 19.7 Å². The number of nitriles is 1. The minimum absolute atomic E-state index is 0.137. The number of nitrogens with one attached hydrogen (secondary N) is 1. The third-order valence-electron chi connectivity index (χ3n) is 4.32. The average Bonchev–Trinajstić information content (AvgIpc) is 2.68. The van der Waals surface area contributed by atoms with Crippen molar-refractivity contribution in [2.45, 2.75) is 18.9 Å². The number of hydrogen-bond acceptors (Lipinski definition) is 6. The fraction of sp³-hybridized carbons (Fsp3) is 0.278. The monoisotopic (exact) mass is 356 g/mol. The first-order valence-corrected chi connectivity index (χ1v) is 8.14. The zero-order valence-electron chi connectivity index (χ0n) is 13.9. The lowest BCUT2D eigenvalue weighted by Gasteiger charge is -2.32. The summed E-state index contributed by atoms with van der Waals surface area (Å²) in [6, 6.07) is 11.0. The summed E-state index contributed by atoms with van der Waals surface area (Å²) in [4.78, 5) is 20.0. The van der Waals surface area contributed by atoms with Crippen molar-refractivity contribution in [3.63, 3.8) is 0 Å². The van der Waals surface area contributed by atoms with Gasteiger partial charge in [0.2, 0.25) is 0 Å². The van der Waals surface area contributed by atoms with Crippen LogP contribution in [0.2, 0.25) is 0 Å². The SMILES string of the molecule is N#Cc1cc(-c2ccnc(NC(=O)OF)c2)ccc1N1CCC(O)CC1. The Morgan fingerprint density at radius 3 is 2.73 bits per heavy atom. The predicted octanol–water partition coefficient (Wildman–Crippen LogP) is 3.01. The maximum absolute atomic E-state index is 11.8. The van der Waals surface area contributed by atoms with Gasteiger partial charge in [-0.3, -0.25) is 5.32 Å². The van der Waals surface area contributed by atoms with Crippen molar-refractivity contribution < 1.29 is 19.4 Å². The molecule has 134 valence electrons. The summed E-state index contributed by atoms with van der Waals surface area (Å²) in [6.45, 7) is 1.40. The zero-order valence-corrected chi connectivity index (χ0v) is 13.9. The van der Waals surface area contributed by atoms with Crippen LogP contribution in [-0.2, 0) is 4.94 Å². The van der Waals surface area contributed by atoms with Gasteiger partial charge in [-0.1, -0.05) is 6.07 Å². The molecule has 7 nitrogen and oxygen atoms in total.